The number of amides is 2. The number of carbonyl (C=O) groups is 3. The molecule has 0 bridgehead atoms. The van der Waals surface area contributed by atoms with E-state index < -0.39 is 5.97 Å². The van der Waals surface area contributed by atoms with E-state index in [-0.39, 0.29) is 23.3 Å². The fourth-order valence-corrected chi connectivity index (χ4v) is 3.70. The minimum Gasteiger partial charge on any atom is -0.478 e. The number of para-hydroxylation sites is 1. The molecule has 2 aliphatic rings. The number of nitrogens with zero attached hydrogens (tertiary/aromatic N) is 2. The van der Waals surface area contributed by atoms with Crippen LogP contribution in [0.25, 0.3) is 0 Å². The fraction of sp³-hybridized carbons (Fsp3) is 0.318. The number of anilines is 1. The molecule has 1 N–H and O–H groups in total. The molecular weight excluding hydrogens is 356 g/mol. The molecule has 0 atom stereocenters. The SMILES string of the molecule is CN(C(=O)C1CC1)c1ccccc1C(=O)N1CCc2ccc(C(=O)O)cc2C1. The number of fused-ring (bicyclic) bond motifs is 1. The average Bonchev–Trinajstić information content (AvgIpc) is 3.56. The first-order valence-corrected chi connectivity index (χ1v) is 9.46. The third-order valence-corrected chi connectivity index (χ3v) is 5.51. The van der Waals surface area contributed by atoms with Crippen LogP contribution in [0.1, 0.15) is 44.7 Å². The monoisotopic (exact) mass is 378 g/mol. The minimum absolute atomic E-state index is 0.0512. The van der Waals surface area contributed by atoms with Crippen molar-refractivity contribution in [3.05, 3.63) is 64.7 Å². The van der Waals surface area contributed by atoms with E-state index in [1.54, 1.807) is 47.2 Å². The van der Waals surface area contributed by atoms with E-state index in [4.69, 9.17) is 0 Å². The van der Waals surface area contributed by atoms with Gasteiger partial charge in [0.1, 0.15) is 0 Å². The molecule has 6 heteroatoms. The van der Waals surface area contributed by atoms with Gasteiger partial charge in [-0.3, -0.25) is 9.59 Å². The van der Waals surface area contributed by atoms with Crippen molar-refractivity contribution in [2.24, 2.45) is 5.92 Å². The highest BCUT2D eigenvalue weighted by Gasteiger charge is 2.34. The predicted molar refractivity (Wildman–Crippen MR) is 104 cm³/mol. The molecule has 0 aromatic heterocycles. The van der Waals surface area contributed by atoms with Crippen molar-refractivity contribution in [3.8, 4) is 0 Å². The lowest BCUT2D eigenvalue weighted by molar-refractivity contribution is -0.119. The molecule has 0 saturated heterocycles. The van der Waals surface area contributed by atoms with E-state index in [9.17, 15) is 19.5 Å². The molecular formula is C22H22N2O4. The Morgan fingerprint density at radius 2 is 1.82 bits per heavy atom. The summed E-state index contributed by atoms with van der Waals surface area (Å²) >= 11 is 0. The Morgan fingerprint density at radius 1 is 1.07 bits per heavy atom. The second kappa shape index (κ2) is 7.11. The molecule has 0 radical (unpaired) electrons. The van der Waals surface area contributed by atoms with Gasteiger partial charge in [-0.05, 0) is 54.7 Å². The van der Waals surface area contributed by atoms with Crippen molar-refractivity contribution in [2.45, 2.75) is 25.8 Å². The highest BCUT2D eigenvalue weighted by molar-refractivity contribution is 6.05. The third kappa shape index (κ3) is 3.38. The summed E-state index contributed by atoms with van der Waals surface area (Å²) in [5.41, 5.74) is 3.28. The molecule has 1 heterocycles. The maximum absolute atomic E-state index is 13.2. The molecule has 2 aromatic rings. The normalized spacial score (nSPS) is 15.7. The molecule has 0 spiro atoms. The number of hydrogen-bond donors (Lipinski definition) is 1. The number of hydrogen-bond acceptors (Lipinski definition) is 3. The van der Waals surface area contributed by atoms with Gasteiger partial charge in [0.2, 0.25) is 5.91 Å². The smallest absolute Gasteiger partial charge is 0.335 e. The van der Waals surface area contributed by atoms with Crippen LogP contribution in [-0.2, 0) is 17.8 Å². The number of carbonyl (C=O) groups excluding carboxylic acids is 2. The maximum Gasteiger partial charge on any atom is 0.335 e. The lowest BCUT2D eigenvalue weighted by Gasteiger charge is -2.30. The molecule has 2 amide bonds. The summed E-state index contributed by atoms with van der Waals surface area (Å²) < 4.78 is 0. The number of rotatable bonds is 4. The summed E-state index contributed by atoms with van der Waals surface area (Å²) in [6.07, 6.45) is 2.50. The van der Waals surface area contributed by atoms with Gasteiger partial charge in [-0.2, -0.15) is 0 Å². The van der Waals surface area contributed by atoms with Gasteiger partial charge < -0.3 is 14.9 Å². The Labute approximate surface area is 163 Å². The van der Waals surface area contributed by atoms with Gasteiger partial charge in [0.15, 0.2) is 0 Å². The molecule has 144 valence electrons. The van der Waals surface area contributed by atoms with Crippen LogP contribution in [0.4, 0.5) is 5.69 Å². The van der Waals surface area contributed by atoms with Crippen LogP contribution in [0.2, 0.25) is 0 Å². The number of carboxylic acid groups (broad SMARTS) is 1. The maximum atomic E-state index is 13.2. The summed E-state index contributed by atoms with van der Waals surface area (Å²) in [5, 5.41) is 9.22. The lowest BCUT2D eigenvalue weighted by atomic mass is 9.96. The summed E-state index contributed by atoms with van der Waals surface area (Å²) in [6, 6.07) is 12.3. The van der Waals surface area contributed by atoms with Crippen molar-refractivity contribution in [1.29, 1.82) is 0 Å². The van der Waals surface area contributed by atoms with Gasteiger partial charge in [-0.1, -0.05) is 18.2 Å². The standard InChI is InChI=1S/C22H22N2O4/c1-23(20(25)15-7-8-15)19-5-3-2-4-18(19)21(26)24-11-10-14-6-9-16(22(27)28)12-17(14)13-24/h2-6,9,12,15H,7-8,10-11,13H2,1H3,(H,27,28). The summed E-state index contributed by atoms with van der Waals surface area (Å²) in [6.45, 7) is 0.927. The summed E-state index contributed by atoms with van der Waals surface area (Å²) in [4.78, 5) is 40.3. The van der Waals surface area contributed by atoms with Gasteiger partial charge in [-0.15, -0.1) is 0 Å². The van der Waals surface area contributed by atoms with Gasteiger partial charge in [0.05, 0.1) is 16.8 Å². The second-order valence-corrected chi connectivity index (χ2v) is 7.45. The molecule has 28 heavy (non-hydrogen) atoms. The number of carboxylic acids is 1. The van der Waals surface area contributed by atoms with Crippen LogP contribution < -0.4 is 4.90 Å². The first kappa shape index (κ1) is 18.2. The first-order chi connectivity index (χ1) is 13.5. The van der Waals surface area contributed by atoms with Crippen LogP contribution in [0, 0.1) is 5.92 Å². The minimum atomic E-state index is -0.975. The molecule has 1 aliphatic heterocycles. The van der Waals surface area contributed by atoms with Crippen LogP contribution in [0.3, 0.4) is 0 Å². The predicted octanol–water partition coefficient (Wildman–Crippen LogP) is 2.96. The van der Waals surface area contributed by atoms with Crippen LogP contribution in [0.5, 0.6) is 0 Å². The topological polar surface area (TPSA) is 77.9 Å². The number of benzene rings is 2. The number of aromatic carboxylic acids is 1. The van der Waals surface area contributed by atoms with Crippen molar-refractivity contribution in [3.63, 3.8) is 0 Å². The zero-order valence-corrected chi connectivity index (χ0v) is 15.7. The van der Waals surface area contributed by atoms with Crippen molar-refractivity contribution < 1.29 is 19.5 Å². The van der Waals surface area contributed by atoms with Gasteiger partial charge >= 0.3 is 5.97 Å². The van der Waals surface area contributed by atoms with Crippen molar-refractivity contribution in [2.75, 3.05) is 18.5 Å². The van der Waals surface area contributed by atoms with Crippen molar-refractivity contribution in [1.82, 2.24) is 4.90 Å². The largest absolute Gasteiger partial charge is 0.478 e. The second-order valence-electron chi connectivity index (χ2n) is 7.45. The highest BCUT2D eigenvalue weighted by atomic mass is 16.4. The van der Waals surface area contributed by atoms with Gasteiger partial charge in [0.25, 0.3) is 5.91 Å². The van der Waals surface area contributed by atoms with E-state index in [1.165, 1.54) is 0 Å². The third-order valence-electron chi connectivity index (χ3n) is 5.51. The molecule has 6 nitrogen and oxygen atoms in total. The van der Waals surface area contributed by atoms with E-state index in [0.29, 0.717) is 30.8 Å². The van der Waals surface area contributed by atoms with E-state index in [2.05, 4.69) is 0 Å². The van der Waals surface area contributed by atoms with Crippen LogP contribution in [0.15, 0.2) is 42.5 Å². The van der Waals surface area contributed by atoms with Gasteiger partial charge in [-0.25, -0.2) is 4.79 Å². The summed E-state index contributed by atoms with van der Waals surface area (Å²) in [7, 11) is 1.72. The Hall–Kier alpha value is -3.15. The fourth-order valence-electron chi connectivity index (χ4n) is 3.70. The quantitative estimate of drug-likeness (QED) is 0.887. The molecule has 4 rings (SSSR count). The van der Waals surface area contributed by atoms with Crippen molar-refractivity contribution >= 4 is 23.5 Å². The van der Waals surface area contributed by atoms with E-state index >= 15 is 0 Å². The van der Waals surface area contributed by atoms with E-state index in [1.807, 2.05) is 12.1 Å². The van der Waals surface area contributed by atoms with Crippen LogP contribution in [-0.4, -0.2) is 41.4 Å². The van der Waals surface area contributed by atoms with E-state index in [0.717, 1.165) is 24.0 Å². The average molecular weight is 378 g/mol. The zero-order chi connectivity index (χ0) is 19.8. The Balaban J connectivity index is 1.60. The summed E-state index contributed by atoms with van der Waals surface area (Å²) in [5.74, 6) is -0.992. The molecule has 1 aliphatic carbocycles. The molecule has 1 fully saturated rings. The Bertz CT molecular complexity index is 965. The first-order valence-electron chi connectivity index (χ1n) is 9.46. The van der Waals surface area contributed by atoms with Crippen LogP contribution >= 0.6 is 0 Å². The lowest BCUT2D eigenvalue weighted by Crippen LogP contribution is -2.37. The Kier molecular flexibility index (Phi) is 4.63. The molecule has 0 unspecified atom stereocenters. The zero-order valence-electron chi connectivity index (χ0n) is 15.7. The Morgan fingerprint density at radius 3 is 2.54 bits per heavy atom. The molecule has 2 aromatic carbocycles. The van der Waals surface area contributed by atoms with Gasteiger partial charge in [0, 0.05) is 26.1 Å². The molecule has 1 saturated carbocycles. The highest BCUT2D eigenvalue weighted by Crippen LogP contribution is 2.33.